The quantitative estimate of drug-likeness (QED) is 0.787. The molecule has 0 amide bonds. The summed E-state index contributed by atoms with van der Waals surface area (Å²) < 4.78 is 4.71. The summed E-state index contributed by atoms with van der Waals surface area (Å²) in [4.78, 5) is 13.8. The largest absolute Gasteiger partial charge is 0.508 e. The molecule has 0 spiro atoms. The summed E-state index contributed by atoms with van der Waals surface area (Å²) in [6, 6.07) is 6.34. The summed E-state index contributed by atoms with van der Waals surface area (Å²) in [7, 11) is 1.44. The number of ether oxygens (including phenoxy) is 1. The molecule has 22 heavy (non-hydrogen) atoms. The van der Waals surface area contributed by atoms with Crippen molar-refractivity contribution in [2.24, 2.45) is 0 Å². The van der Waals surface area contributed by atoms with Crippen molar-refractivity contribution in [1.29, 1.82) is 0 Å². The molecule has 0 saturated heterocycles. The fourth-order valence-electron chi connectivity index (χ4n) is 3.37. The zero-order valence-corrected chi connectivity index (χ0v) is 13.7. The molecular weight excluding hydrogens is 278 g/mol. The molecule has 0 aliphatic heterocycles. The average Bonchev–Trinajstić information content (AvgIpc) is 2.53. The zero-order chi connectivity index (χ0) is 15.9. The topological polar surface area (TPSA) is 49.8 Å². The van der Waals surface area contributed by atoms with Crippen LogP contribution in [0.15, 0.2) is 18.2 Å². The second kappa shape index (κ2) is 8.18. The van der Waals surface area contributed by atoms with Gasteiger partial charge in [-0.3, -0.25) is 4.79 Å². The maximum atomic E-state index is 11.3. The highest BCUT2D eigenvalue weighted by molar-refractivity contribution is 5.69. The van der Waals surface area contributed by atoms with E-state index < -0.39 is 0 Å². The SMILES string of the molecule is CCCN(CCCC(=O)OC)C1CCc2c(O)cccc2C1. The van der Waals surface area contributed by atoms with Crippen LogP contribution in [0.5, 0.6) is 5.75 Å². The van der Waals surface area contributed by atoms with Gasteiger partial charge < -0.3 is 14.7 Å². The molecule has 1 atom stereocenters. The number of esters is 1. The third-order valence-electron chi connectivity index (χ3n) is 4.51. The highest BCUT2D eigenvalue weighted by atomic mass is 16.5. The van der Waals surface area contributed by atoms with Gasteiger partial charge in [-0.2, -0.15) is 0 Å². The fourth-order valence-corrected chi connectivity index (χ4v) is 3.37. The van der Waals surface area contributed by atoms with Crippen molar-refractivity contribution in [3.8, 4) is 5.75 Å². The molecule has 0 heterocycles. The molecule has 4 nitrogen and oxygen atoms in total. The van der Waals surface area contributed by atoms with Crippen LogP contribution in [0.4, 0.5) is 0 Å². The molecule has 0 fully saturated rings. The number of benzene rings is 1. The van der Waals surface area contributed by atoms with Gasteiger partial charge in [-0.1, -0.05) is 19.1 Å². The highest BCUT2D eigenvalue weighted by Crippen LogP contribution is 2.30. The molecule has 1 aliphatic rings. The van der Waals surface area contributed by atoms with Crippen LogP contribution in [0, 0.1) is 0 Å². The third-order valence-corrected chi connectivity index (χ3v) is 4.51. The van der Waals surface area contributed by atoms with Crippen molar-refractivity contribution < 1.29 is 14.6 Å². The Hall–Kier alpha value is -1.55. The molecule has 1 unspecified atom stereocenters. The van der Waals surface area contributed by atoms with Crippen molar-refractivity contribution >= 4 is 5.97 Å². The van der Waals surface area contributed by atoms with Crippen LogP contribution in [-0.4, -0.2) is 42.2 Å². The number of carbonyl (C=O) groups excluding carboxylic acids is 1. The molecule has 1 aromatic carbocycles. The molecule has 0 radical (unpaired) electrons. The van der Waals surface area contributed by atoms with Crippen molar-refractivity contribution in [3.05, 3.63) is 29.3 Å². The number of methoxy groups -OCH3 is 1. The van der Waals surface area contributed by atoms with Gasteiger partial charge in [0.05, 0.1) is 7.11 Å². The maximum Gasteiger partial charge on any atom is 0.305 e. The Balaban J connectivity index is 1.96. The van der Waals surface area contributed by atoms with Crippen LogP contribution >= 0.6 is 0 Å². The second-order valence-corrected chi connectivity index (χ2v) is 6.03. The number of rotatable bonds is 7. The molecule has 1 N–H and O–H groups in total. The summed E-state index contributed by atoms with van der Waals surface area (Å²) in [5, 5.41) is 9.95. The smallest absolute Gasteiger partial charge is 0.305 e. The maximum absolute atomic E-state index is 11.3. The van der Waals surface area contributed by atoms with E-state index >= 15 is 0 Å². The number of hydrogen-bond acceptors (Lipinski definition) is 4. The van der Waals surface area contributed by atoms with Crippen molar-refractivity contribution in [1.82, 2.24) is 4.90 Å². The van der Waals surface area contributed by atoms with Crippen LogP contribution < -0.4 is 0 Å². The van der Waals surface area contributed by atoms with Gasteiger partial charge in [0.2, 0.25) is 0 Å². The Morgan fingerprint density at radius 2 is 2.23 bits per heavy atom. The van der Waals surface area contributed by atoms with E-state index in [1.165, 1.54) is 12.7 Å². The van der Waals surface area contributed by atoms with E-state index in [2.05, 4.69) is 17.9 Å². The van der Waals surface area contributed by atoms with E-state index in [4.69, 9.17) is 4.74 Å². The minimum Gasteiger partial charge on any atom is -0.508 e. The monoisotopic (exact) mass is 305 g/mol. The van der Waals surface area contributed by atoms with Crippen LogP contribution in [0.1, 0.15) is 43.7 Å². The van der Waals surface area contributed by atoms with E-state index in [1.54, 1.807) is 6.07 Å². The summed E-state index contributed by atoms with van der Waals surface area (Å²) in [5.41, 5.74) is 2.38. The van der Waals surface area contributed by atoms with E-state index in [0.717, 1.165) is 50.8 Å². The predicted octanol–water partition coefficient (Wildman–Crippen LogP) is 2.91. The number of carbonyl (C=O) groups is 1. The Bertz CT molecular complexity index is 501. The van der Waals surface area contributed by atoms with Crippen LogP contribution in [0.2, 0.25) is 0 Å². The summed E-state index contributed by atoms with van der Waals surface area (Å²) >= 11 is 0. The van der Waals surface area contributed by atoms with Crippen LogP contribution in [0.3, 0.4) is 0 Å². The predicted molar refractivity (Wildman–Crippen MR) is 87.0 cm³/mol. The number of phenolic OH excluding ortho intramolecular Hbond substituents is 1. The van der Waals surface area contributed by atoms with Crippen molar-refractivity contribution in [2.75, 3.05) is 20.2 Å². The summed E-state index contributed by atoms with van der Waals surface area (Å²) in [6.07, 6.45) is 5.44. The van der Waals surface area contributed by atoms with E-state index in [1.807, 2.05) is 6.07 Å². The molecule has 1 aliphatic carbocycles. The van der Waals surface area contributed by atoms with Gasteiger partial charge in [-0.05, 0) is 62.4 Å². The Morgan fingerprint density at radius 3 is 2.95 bits per heavy atom. The number of fused-ring (bicyclic) bond motifs is 1. The van der Waals surface area contributed by atoms with Crippen molar-refractivity contribution in [2.45, 2.75) is 51.5 Å². The van der Waals surface area contributed by atoms with Gasteiger partial charge in [0.15, 0.2) is 0 Å². The minimum absolute atomic E-state index is 0.129. The van der Waals surface area contributed by atoms with Gasteiger partial charge in [0, 0.05) is 12.5 Å². The summed E-state index contributed by atoms with van der Waals surface area (Å²) in [6.45, 7) is 4.18. The van der Waals surface area contributed by atoms with Gasteiger partial charge in [0.1, 0.15) is 5.75 Å². The normalized spacial score (nSPS) is 17.3. The first-order chi connectivity index (χ1) is 10.7. The lowest BCUT2D eigenvalue weighted by atomic mass is 9.86. The lowest BCUT2D eigenvalue weighted by molar-refractivity contribution is -0.140. The van der Waals surface area contributed by atoms with Crippen LogP contribution in [-0.2, 0) is 22.4 Å². The first kappa shape index (κ1) is 16.8. The minimum atomic E-state index is -0.129. The highest BCUT2D eigenvalue weighted by Gasteiger charge is 2.25. The Labute approximate surface area is 133 Å². The van der Waals surface area contributed by atoms with Gasteiger partial charge in [0.25, 0.3) is 0 Å². The molecule has 2 rings (SSSR count). The standard InChI is InChI=1S/C18H27NO3/c1-3-11-19(12-5-8-18(21)22-2)15-9-10-16-14(13-15)6-4-7-17(16)20/h4,6-7,15,20H,3,5,8-13H2,1-2H3. The first-order valence-corrected chi connectivity index (χ1v) is 8.26. The lowest BCUT2D eigenvalue weighted by Crippen LogP contribution is -2.40. The molecule has 0 saturated carbocycles. The average molecular weight is 305 g/mol. The molecule has 4 heteroatoms. The number of nitrogens with zero attached hydrogens (tertiary/aromatic N) is 1. The third kappa shape index (κ3) is 4.23. The summed E-state index contributed by atoms with van der Waals surface area (Å²) in [5.74, 6) is 0.305. The van der Waals surface area contributed by atoms with E-state index in [9.17, 15) is 9.90 Å². The Kier molecular flexibility index (Phi) is 6.25. The molecular formula is C18H27NO3. The van der Waals surface area contributed by atoms with Gasteiger partial charge >= 0.3 is 5.97 Å². The fraction of sp³-hybridized carbons (Fsp3) is 0.611. The molecule has 0 bridgehead atoms. The number of hydrogen-bond donors (Lipinski definition) is 1. The van der Waals surface area contributed by atoms with Crippen LogP contribution in [0.25, 0.3) is 0 Å². The van der Waals surface area contributed by atoms with Crippen molar-refractivity contribution in [3.63, 3.8) is 0 Å². The Morgan fingerprint density at radius 1 is 1.41 bits per heavy atom. The molecule has 122 valence electrons. The first-order valence-electron chi connectivity index (χ1n) is 8.26. The number of phenols is 1. The van der Waals surface area contributed by atoms with E-state index in [-0.39, 0.29) is 5.97 Å². The lowest BCUT2D eigenvalue weighted by Gasteiger charge is -2.35. The number of aromatic hydroxyl groups is 1. The zero-order valence-electron chi connectivity index (χ0n) is 13.7. The van der Waals surface area contributed by atoms with Gasteiger partial charge in [-0.25, -0.2) is 0 Å². The second-order valence-electron chi connectivity index (χ2n) is 6.03. The molecule has 1 aromatic rings. The van der Waals surface area contributed by atoms with Gasteiger partial charge in [-0.15, -0.1) is 0 Å². The van der Waals surface area contributed by atoms with E-state index in [0.29, 0.717) is 18.2 Å². The molecule has 0 aromatic heterocycles.